The number of hydrogen-bond donors (Lipinski definition) is 1. The molecule has 26 heavy (non-hydrogen) atoms. The molecular formula is C19H15FN4OS. The van der Waals surface area contributed by atoms with Crippen molar-refractivity contribution in [2.75, 3.05) is 5.32 Å². The molecule has 0 aliphatic rings. The number of benzene rings is 2. The summed E-state index contributed by atoms with van der Waals surface area (Å²) in [5.74, 6) is -1.01. The smallest absolute Gasteiger partial charge is 0.261 e. The largest absolute Gasteiger partial charge is 0.289 e. The van der Waals surface area contributed by atoms with Gasteiger partial charge in [-0.05, 0) is 31.5 Å². The normalized spacial score (nSPS) is 11.0. The molecule has 0 unspecified atom stereocenters. The van der Waals surface area contributed by atoms with Gasteiger partial charge in [-0.1, -0.05) is 35.9 Å². The van der Waals surface area contributed by atoms with Gasteiger partial charge in [-0.3, -0.25) is 10.1 Å². The van der Waals surface area contributed by atoms with E-state index in [1.54, 1.807) is 10.6 Å². The number of halogens is 1. The SMILES string of the molecule is Cc1ccc(-c2csc3nc(NC(=O)c4ccccc4F)nn23)c(C)c1. The standard InChI is InChI=1S/C19H15FN4OS/c1-11-7-8-13(12(2)9-11)16-10-26-19-22-18(23-24(16)19)21-17(25)14-5-3-4-6-15(14)20/h3-10H,1-2H3,(H,21,23,25). The van der Waals surface area contributed by atoms with Crippen molar-refractivity contribution in [2.24, 2.45) is 0 Å². The fraction of sp³-hybridized carbons (Fsp3) is 0.105. The molecule has 0 saturated carbocycles. The van der Waals surface area contributed by atoms with Gasteiger partial charge in [-0.15, -0.1) is 16.4 Å². The molecule has 4 aromatic rings. The molecule has 4 rings (SSSR count). The predicted octanol–water partition coefficient (Wildman–Crippen LogP) is 4.47. The summed E-state index contributed by atoms with van der Waals surface area (Å²) < 4.78 is 15.4. The number of fused-ring (bicyclic) bond motifs is 1. The Morgan fingerprint density at radius 2 is 2.00 bits per heavy atom. The van der Waals surface area contributed by atoms with E-state index >= 15 is 0 Å². The first-order chi connectivity index (χ1) is 12.5. The Morgan fingerprint density at radius 1 is 1.19 bits per heavy atom. The van der Waals surface area contributed by atoms with E-state index in [9.17, 15) is 9.18 Å². The first-order valence-electron chi connectivity index (χ1n) is 8.01. The zero-order chi connectivity index (χ0) is 18.3. The van der Waals surface area contributed by atoms with E-state index < -0.39 is 11.7 Å². The van der Waals surface area contributed by atoms with Crippen LogP contribution in [0.25, 0.3) is 16.2 Å². The average molecular weight is 366 g/mol. The topological polar surface area (TPSA) is 59.3 Å². The summed E-state index contributed by atoms with van der Waals surface area (Å²) in [6, 6.07) is 12.0. The second-order valence-electron chi connectivity index (χ2n) is 6.00. The van der Waals surface area contributed by atoms with Crippen molar-refractivity contribution in [3.63, 3.8) is 0 Å². The molecule has 0 bridgehead atoms. The molecule has 0 spiro atoms. The lowest BCUT2D eigenvalue weighted by molar-refractivity contribution is 0.102. The molecule has 1 N–H and O–H groups in total. The molecule has 0 atom stereocenters. The third-order valence-electron chi connectivity index (χ3n) is 4.08. The molecule has 0 aliphatic heterocycles. The lowest BCUT2D eigenvalue weighted by Gasteiger charge is -2.05. The quantitative estimate of drug-likeness (QED) is 0.582. The van der Waals surface area contributed by atoms with Crippen molar-refractivity contribution < 1.29 is 9.18 Å². The Hall–Kier alpha value is -3.06. The van der Waals surface area contributed by atoms with E-state index in [0.29, 0.717) is 4.96 Å². The van der Waals surface area contributed by atoms with Crippen LogP contribution >= 0.6 is 11.3 Å². The maximum absolute atomic E-state index is 13.7. The van der Waals surface area contributed by atoms with Gasteiger partial charge in [0, 0.05) is 10.9 Å². The number of aryl methyl sites for hydroxylation is 2. The Kier molecular flexibility index (Phi) is 4.00. The van der Waals surface area contributed by atoms with Crippen molar-refractivity contribution in [1.82, 2.24) is 14.6 Å². The van der Waals surface area contributed by atoms with Crippen molar-refractivity contribution in [2.45, 2.75) is 13.8 Å². The van der Waals surface area contributed by atoms with E-state index in [4.69, 9.17) is 0 Å². The predicted molar refractivity (Wildman–Crippen MR) is 100 cm³/mol. The maximum atomic E-state index is 13.7. The van der Waals surface area contributed by atoms with Gasteiger partial charge in [-0.25, -0.2) is 8.91 Å². The zero-order valence-corrected chi connectivity index (χ0v) is 15.0. The van der Waals surface area contributed by atoms with Crippen molar-refractivity contribution in [3.05, 3.63) is 70.4 Å². The molecule has 1 amide bonds. The molecule has 2 heterocycles. The number of aromatic nitrogens is 3. The lowest BCUT2D eigenvalue weighted by atomic mass is 10.0. The summed E-state index contributed by atoms with van der Waals surface area (Å²) in [6.07, 6.45) is 0. The van der Waals surface area contributed by atoms with E-state index in [2.05, 4.69) is 21.5 Å². The van der Waals surface area contributed by atoms with Gasteiger partial charge in [0.05, 0.1) is 11.3 Å². The van der Waals surface area contributed by atoms with Crippen LogP contribution in [0.4, 0.5) is 10.3 Å². The highest BCUT2D eigenvalue weighted by molar-refractivity contribution is 7.15. The van der Waals surface area contributed by atoms with Crippen LogP contribution in [0.1, 0.15) is 21.5 Å². The van der Waals surface area contributed by atoms with Gasteiger partial charge in [0.1, 0.15) is 5.82 Å². The fourth-order valence-electron chi connectivity index (χ4n) is 2.84. The number of amides is 1. The third kappa shape index (κ3) is 2.86. The number of hydrogen-bond acceptors (Lipinski definition) is 4. The highest BCUT2D eigenvalue weighted by atomic mass is 32.1. The minimum absolute atomic E-state index is 0.0414. The van der Waals surface area contributed by atoms with Gasteiger partial charge in [0.2, 0.25) is 4.96 Å². The second kappa shape index (κ2) is 6.34. The van der Waals surface area contributed by atoms with Crippen LogP contribution in [0.15, 0.2) is 47.8 Å². The van der Waals surface area contributed by atoms with Crippen molar-refractivity contribution in [1.29, 1.82) is 0 Å². The van der Waals surface area contributed by atoms with E-state index in [0.717, 1.165) is 16.8 Å². The average Bonchev–Trinajstić information content (AvgIpc) is 3.16. The Balaban J connectivity index is 1.68. The highest BCUT2D eigenvalue weighted by Crippen LogP contribution is 2.29. The van der Waals surface area contributed by atoms with Crippen LogP contribution in [0.3, 0.4) is 0 Å². The van der Waals surface area contributed by atoms with Crippen LogP contribution < -0.4 is 5.32 Å². The molecule has 2 aromatic heterocycles. The minimum Gasteiger partial charge on any atom is -0.289 e. The summed E-state index contributed by atoms with van der Waals surface area (Å²) in [7, 11) is 0. The van der Waals surface area contributed by atoms with Crippen LogP contribution in [-0.4, -0.2) is 20.5 Å². The monoisotopic (exact) mass is 366 g/mol. The molecule has 2 aromatic carbocycles. The summed E-state index contributed by atoms with van der Waals surface area (Å²) in [4.78, 5) is 17.2. The first kappa shape index (κ1) is 16.4. The number of carbonyl (C=O) groups is 1. The summed E-state index contributed by atoms with van der Waals surface area (Å²) in [5.41, 5.74) is 4.24. The summed E-state index contributed by atoms with van der Waals surface area (Å²) in [6.45, 7) is 4.09. The Bertz CT molecular complexity index is 1130. The molecule has 0 radical (unpaired) electrons. The number of rotatable bonds is 3. The van der Waals surface area contributed by atoms with Gasteiger partial charge < -0.3 is 0 Å². The number of nitrogens with zero attached hydrogens (tertiary/aromatic N) is 3. The van der Waals surface area contributed by atoms with Gasteiger partial charge >= 0.3 is 0 Å². The van der Waals surface area contributed by atoms with E-state index in [1.165, 1.54) is 35.1 Å². The summed E-state index contributed by atoms with van der Waals surface area (Å²) >= 11 is 1.43. The maximum Gasteiger partial charge on any atom is 0.261 e. The van der Waals surface area contributed by atoms with Crippen LogP contribution in [0.5, 0.6) is 0 Å². The fourth-order valence-corrected chi connectivity index (χ4v) is 3.66. The molecule has 7 heteroatoms. The van der Waals surface area contributed by atoms with Gasteiger partial charge in [0.25, 0.3) is 11.9 Å². The molecule has 0 saturated heterocycles. The number of anilines is 1. The first-order valence-corrected chi connectivity index (χ1v) is 8.88. The second-order valence-corrected chi connectivity index (χ2v) is 6.84. The van der Waals surface area contributed by atoms with Crippen LogP contribution in [-0.2, 0) is 0 Å². The number of carbonyl (C=O) groups excluding carboxylic acids is 1. The molecule has 5 nitrogen and oxygen atoms in total. The lowest BCUT2D eigenvalue weighted by Crippen LogP contribution is -2.14. The Labute approximate surface area is 153 Å². The summed E-state index contributed by atoms with van der Waals surface area (Å²) in [5, 5.41) is 8.91. The van der Waals surface area contributed by atoms with Crippen LogP contribution in [0, 0.1) is 19.7 Å². The van der Waals surface area contributed by atoms with Gasteiger partial charge in [-0.2, -0.15) is 4.98 Å². The molecule has 130 valence electrons. The highest BCUT2D eigenvalue weighted by Gasteiger charge is 2.16. The van der Waals surface area contributed by atoms with Crippen LogP contribution in [0.2, 0.25) is 0 Å². The van der Waals surface area contributed by atoms with E-state index in [1.807, 2.05) is 31.4 Å². The zero-order valence-electron chi connectivity index (χ0n) is 14.2. The molecule has 0 aliphatic carbocycles. The number of nitrogens with one attached hydrogen (secondary N) is 1. The minimum atomic E-state index is -0.581. The molecular weight excluding hydrogens is 351 g/mol. The van der Waals surface area contributed by atoms with E-state index in [-0.39, 0.29) is 11.5 Å². The third-order valence-corrected chi connectivity index (χ3v) is 4.90. The number of thiazole rings is 1. The molecule has 0 fully saturated rings. The van der Waals surface area contributed by atoms with Crippen molar-refractivity contribution in [3.8, 4) is 11.3 Å². The van der Waals surface area contributed by atoms with Crippen molar-refractivity contribution >= 4 is 28.2 Å². The Morgan fingerprint density at radius 3 is 2.77 bits per heavy atom. The van der Waals surface area contributed by atoms with Gasteiger partial charge in [0.15, 0.2) is 0 Å².